The van der Waals surface area contributed by atoms with Crippen LogP contribution in [0.4, 0.5) is 18.9 Å². The summed E-state index contributed by atoms with van der Waals surface area (Å²) < 4.78 is 67.9. The number of anilines is 1. The number of aromatic nitrogens is 1. The lowest BCUT2D eigenvalue weighted by atomic mass is 9.77. The highest BCUT2D eigenvalue weighted by atomic mass is 35.5. The molecule has 0 unspecified atom stereocenters. The summed E-state index contributed by atoms with van der Waals surface area (Å²) in [7, 11) is -3.75. The van der Waals surface area contributed by atoms with E-state index in [9.17, 15) is 26.4 Å². The van der Waals surface area contributed by atoms with Crippen molar-refractivity contribution in [2.45, 2.75) is 30.5 Å². The molecule has 4 rings (SSSR count). The van der Waals surface area contributed by atoms with Crippen molar-refractivity contribution in [3.05, 3.63) is 47.7 Å². The minimum atomic E-state index is -4.79. The Morgan fingerprint density at radius 2 is 1.62 bits per heavy atom. The number of rotatable bonds is 4. The average Bonchev–Trinajstić information content (AvgIpc) is 3.04. The van der Waals surface area contributed by atoms with Crippen molar-refractivity contribution >= 4 is 33.2 Å². The standard InChI is InChI=1S/C20H19ClF3N3O4S/c21-17-6-5-16(13-25-17)32(29,30)26-10-7-19(8-11-26)9-12-27(18(19)28)14-1-3-15(4-2-14)31-20(22,23)24/h1-6,13H,7-12H2. The molecule has 172 valence electrons. The molecule has 0 bridgehead atoms. The summed E-state index contributed by atoms with van der Waals surface area (Å²) in [4.78, 5) is 18.6. The first-order valence-corrected chi connectivity index (χ1v) is 11.6. The van der Waals surface area contributed by atoms with E-state index in [0.29, 0.717) is 31.5 Å². The Bertz CT molecular complexity index is 1100. The Morgan fingerprint density at radius 1 is 1.00 bits per heavy atom. The monoisotopic (exact) mass is 489 g/mol. The molecule has 1 aromatic carbocycles. The summed E-state index contributed by atoms with van der Waals surface area (Å²) in [5.74, 6) is -0.509. The van der Waals surface area contributed by atoms with Gasteiger partial charge in [0.05, 0.1) is 5.41 Å². The summed E-state index contributed by atoms with van der Waals surface area (Å²) >= 11 is 5.73. The SMILES string of the molecule is O=C1N(c2ccc(OC(F)(F)F)cc2)CCC12CCN(S(=O)(=O)c1ccc(Cl)nc1)CC2. The molecule has 1 amide bonds. The number of ether oxygens (including phenoxy) is 1. The van der Waals surface area contributed by atoms with Gasteiger partial charge in [0.1, 0.15) is 15.8 Å². The van der Waals surface area contributed by atoms with Crippen molar-refractivity contribution in [3.63, 3.8) is 0 Å². The van der Waals surface area contributed by atoms with Gasteiger partial charge in [0.15, 0.2) is 0 Å². The van der Waals surface area contributed by atoms with Gasteiger partial charge in [0.25, 0.3) is 0 Å². The van der Waals surface area contributed by atoms with Crippen LogP contribution in [-0.2, 0) is 14.8 Å². The Kier molecular flexibility index (Phi) is 5.84. The molecule has 0 radical (unpaired) electrons. The number of sulfonamides is 1. The minimum absolute atomic E-state index is 0.0402. The molecule has 0 aliphatic carbocycles. The first kappa shape index (κ1) is 22.8. The quantitative estimate of drug-likeness (QED) is 0.610. The zero-order valence-corrected chi connectivity index (χ0v) is 18.3. The summed E-state index contributed by atoms with van der Waals surface area (Å²) in [5, 5.41) is 0.191. The predicted octanol–water partition coefficient (Wildman–Crippen LogP) is 3.84. The number of halogens is 4. The van der Waals surface area contributed by atoms with Crippen LogP contribution in [0.5, 0.6) is 5.75 Å². The van der Waals surface area contributed by atoms with E-state index in [2.05, 4.69) is 9.72 Å². The first-order valence-electron chi connectivity index (χ1n) is 9.80. The van der Waals surface area contributed by atoms with Gasteiger partial charge in [-0.25, -0.2) is 13.4 Å². The van der Waals surface area contributed by atoms with Gasteiger partial charge in [-0.15, -0.1) is 13.2 Å². The van der Waals surface area contributed by atoms with Crippen LogP contribution in [0.25, 0.3) is 0 Å². The number of carbonyl (C=O) groups excluding carboxylic acids is 1. The van der Waals surface area contributed by atoms with E-state index in [0.717, 1.165) is 12.1 Å². The first-order chi connectivity index (χ1) is 15.0. The van der Waals surface area contributed by atoms with Crippen LogP contribution < -0.4 is 9.64 Å². The topological polar surface area (TPSA) is 79.8 Å². The number of pyridine rings is 1. The van der Waals surface area contributed by atoms with Gasteiger partial charge >= 0.3 is 6.36 Å². The lowest BCUT2D eigenvalue weighted by Gasteiger charge is -2.37. The molecule has 7 nitrogen and oxygen atoms in total. The van der Waals surface area contributed by atoms with E-state index in [-0.39, 0.29) is 34.8 Å². The van der Waals surface area contributed by atoms with E-state index in [1.165, 1.54) is 39.7 Å². The lowest BCUT2D eigenvalue weighted by Crippen LogP contribution is -2.46. The largest absolute Gasteiger partial charge is 0.573 e. The number of alkyl halides is 3. The van der Waals surface area contributed by atoms with E-state index in [4.69, 9.17) is 11.6 Å². The Labute approximate surface area is 187 Å². The van der Waals surface area contributed by atoms with Crippen LogP contribution in [0.2, 0.25) is 5.15 Å². The van der Waals surface area contributed by atoms with Crippen LogP contribution in [0, 0.1) is 5.41 Å². The fraction of sp³-hybridized carbons (Fsp3) is 0.400. The summed E-state index contributed by atoms with van der Waals surface area (Å²) in [5.41, 5.74) is -0.213. The summed E-state index contributed by atoms with van der Waals surface area (Å²) in [6.45, 7) is 0.776. The van der Waals surface area contributed by atoms with Gasteiger partial charge in [-0.05, 0) is 55.7 Å². The molecule has 0 saturated carbocycles. The molecule has 32 heavy (non-hydrogen) atoms. The van der Waals surface area contributed by atoms with Crippen LogP contribution >= 0.6 is 11.6 Å². The normalized spacial score (nSPS) is 19.5. The van der Waals surface area contributed by atoms with E-state index >= 15 is 0 Å². The van der Waals surface area contributed by atoms with Crippen LogP contribution in [-0.4, -0.2) is 49.6 Å². The zero-order chi connectivity index (χ0) is 23.1. The van der Waals surface area contributed by atoms with Gasteiger partial charge in [-0.3, -0.25) is 4.79 Å². The number of amides is 1. The Balaban J connectivity index is 1.44. The van der Waals surface area contributed by atoms with E-state index in [1.807, 2.05) is 0 Å². The van der Waals surface area contributed by atoms with Crippen molar-refractivity contribution in [1.29, 1.82) is 0 Å². The van der Waals surface area contributed by atoms with Crippen LogP contribution in [0.1, 0.15) is 19.3 Å². The van der Waals surface area contributed by atoms with Gasteiger partial charge < -0.3 is 9.64 Å². The highest BCUT2D eigenvalue weighted by Crippen LogP contribution is 2.44. The van der Waals surface area contributed by atoms with Gasteiger partial charge in [0.2, 0.25) is 15.9 Å². The van der Waals surface area contributed by atoms with Crippen LogP contribution in [0.15, 0.2) is 47.5 Å². The van der Waals surface area contributed by atoms with E-state index < -0.39 is 21.8 Å². The number of nitrogens with zero attached hydrogens (tertiary/aromatic N) is 3. The average molecular weight is 490 g/mol. The molecule has 1 spiro atoms. The maximum atomic E-state index is 13.2. The Morgan fingerprint density at radius 3 is 2.19 bits per heavy atom. The van der Waals surface area contributed by atoms with Crippen molar-refractivity contribution in [2.24, 2.45) is 5.41 Å². The molecule has 3 heterocycles. The summed E-state index contributed by atoms with van der Waals surface area (Å²) in [6.07, 6.45) is -2.32. The predicted molar refractivity (Wildman–Crippen MR) is 110 cm³/mol. The van der Waals surface area contributed by atoms with Crippen molar-refractivity contribution in [2.75, 3.05) is 24.5 Å². The molecule has 0 N–H and O–H groups in total. The molecule has 2 aromatic rings. The number of piperidine rings is 1. The number of hydrogen-bond acceptors (Lipinski definition) is 5. The van der Waals surface area contributed by atoms with Gasteiger partial charge in [0, 0.05) is 31.5 Å². The number of benzene rings is 1. The highest BCUT2D eigenvalue weighted by Gasteiger charge is 2.50. The van der Waals surface area contributed by atoms with Crippen molar-refractivity contribution in [1.82, 2.24) is 9.29 Å². The zero-order valence-electron chi connectivity index (χ0n) is 16.7. The van der Waals surface area contributed by atoms with E-state index in [1.54, 1.807) is 0 Å². The van der Waals surface area contributed by atoms with Gasteiger partial charge in [-0.2, -0.15) is 4.31 Å². The second-order valence-electron chi connectivity index (χ2n) is 7.75. The molecule has 2 aliphatic heterocycles. The number of carbonyl (C=O) groups is 1. The van der Waals surface area contributed by atoms with Gasteiger partial charge in [-0.1, -0.05) is 11.6 Å². The highest BCUT2D eigenvalue weighted by molar-refractivity contribution is 7.89. The molecule has 1 aromatic heterocycles. The van der Waals surface area contributed by atoms with Crippen LogP contribution in [0.3, 0.4) is 0 Å². The summed E-state index contributed by atoms with van der Waals surface area (Å²) in [6, 6.07) is 7.94. The van der Waals surface area contributed by atoms with Crippen molar-refractivity contribution in [3.8, 4) is 5.75 Å². The molecule has 0 atom stereocenters. The molecule has 2 fully saturated rings. The molecule has 12 heteroatoms. The lowest BCUT2D eigenvalue weighted by molar-refractivity contribution is -0.274. The molecule has 2 saturated heterocycles. The third-order valence-electron chi connectivity index (χ3n) is 5.91. The Hall–Kier alpha value is -2.37. The third kappa shape index (κ3) is 4.41. The fourth-order valence-corrected chi connectivity index (χ4v) is 5.68. The molecular formula is C20H19ClF3N3O4S. The maximum absolute atomic E-state index is 13.2. The second-order valence-corrected chi connectivity index (χ2v) is 10.1. The molecular weight excluding hydrogens is 471 g/mol. The minimum Gasteiger partial charge on any atom is -0.406 e. The fourth-order valence-electron chi connectivity index (χ4n) is 4.18. The smallest absolute Gasteiger partial charge is 0.406 e. The third-order valence-corrected chi connectivity index (χ3v) is 8.02. The van der Waals surface area contributed by atoms with Crippen molar-refractivity contribution < 1.29 is 31.1 Å². The molecule has 2 aliphatic rings. The second kappa shape index (κ2) is 8.20. The maximum Gasteiger partial charge on any atom is 0.573 e. The number of hydrogen-bond donors (Lipinski definition) is 0.